The Hall–Kier alpha value is -3.14. The number of rotatable bonds is 2. The van der Waals surface area contributed by atoms with E-state index in [0.29, 0.717) is 5.56 Å². The van der Waals surface area contributed by atoms with Crippen LogP contribution >= 0.6 is 0 Å². The highest BCUT2D eigenvalue weighted by Crippen LogP contribution is 2.37. The van der Waals surface area contributed by atoms with Gasteiger partial charge in [-0.25, -0.2) is 0 Å². The van der Waals surface area contributed by atoms with Gasteiger partial charge in [0.1, 0.15) is 6.17 Å². The van der Waals surface area contributed by atoms with Gasteiger partial charge in [-0.1, -0.05) is 30.3 Å². The van der Waals surface area contributed by atoms with Crippen LogP contribution in [0.5, 0.6) is 0 Å². The van der Waals surface area contributed by atoms with Crippen molar-refractivity contribution in [2.24, 2.45) is 0 Å². The molecule has 4 heteroatoms. The van der Waals surface area contributed by atoms with Crippen LogP contribution in [-0.2, 0) is 0 Å². The van der Waals surface area contributed by atoms with Gasteiger partial charge in [0, 0.05) is 23.8 Å². The molecule has 2 aromatic carbocycles. The summed E-state index contributed by atoms with van der Waals surface area (Å²) in [6.07, 6.45) is 3.23. The summed E-state index contributed by atoms with van der Waals surface area (Å²) in [4.78, 5) is 19.1. The third kappa shape index (κ3) is 2.33. The van der Waals surface area contributed by atoms with Gasteiger partial charge in [-0.05, 0) is 48.4 Å². The molecule has 1 aromatic heterocycles. The summed E-state index contributed by atoms with van der Waals surface area (Å²) in [6, 6.07) is 19.4. The van der Waals surface area contributed by atoms with Crippen LogP contribution in [0.2, 0.25) is 0 Å². The minimum Gasteiger partial charge on any atom is -0.360 e. The fourth-order valence-electron chi connectivity index (χ4n) is 3.11. The Kier molecular flexibility index (Phi) is 3.50. The highest BCUT2D eigenvalue weighted by molar-refractivity contribution is 6.12. The highest BCUT2D eigenvalue weighted by Gasteiger charge is 2.34. The second-order valence-corrected chi connectivity index (χ2v) is 5.83. The zero-order valence-corrected chi connectivity index (χ0v) is 13.3. The van der Waals surface area contributed by atoms with Crippen LogP contribution in [0.15, 0.2) is 73.1 Å². The zero-order chi connectivity index (χ0) is 16.5. The maximum atomic E-state index is 13.2. The van der Waals surface area contributed by atoms with Gasteiger partial charge in [0.15, 0.2) is 0 Å². The molecule has 0 bridgehead atoms. The normalized spacial score (nSPS) is 16.5. The Morgan fingerprint density at radius 2 is 1.67 bits per heavy atom. The number of para-hydroxylation sites is 2. The van der Waals surface area contributed by atoms with E-state index < -0.39 is 0 Å². The first kappa shape index (κ1) is 14.5. The summed E-state index contributed by atoms with van der Waals surface area (Å²) in [5.41, 5.74) is 4.51. The molecule has 118 valence electrons. The third-order valence-corrected chi connectivity index (χ3v) is 4.32. The maximum Gasteiger partial charge on any atom is 0.262 e. The van der Waals surface area contributed by atoms with E-state index in [1.165, 1.54) is 0 Å². The molecule has 0 spiro atoms. The molecule has 1 aliphatic rings. The predicted octanol–water partition coefficient (Wildman–Crippen LogP) is 4.16. The van der Waals surface area contributed by atoms with E-state index in [2.05, 4.69) is 10.3 Å². The summed E-state index contributed by atoms with van der Waals surface area (Å²) < 4.78 is 0. The Morgan fingerprint density at radius 3 is 2.46 bits per heavy atom. The molecule has 3 aromatic rings. The van der Waals surface area contributed by atoms with Crippen molar-refractivity contribution < 1.29 is 4.79 Å². The van der Waals surface area contributed by atoms with Crippen LogP contribution in [0.3, 0.4) is 0 Å². The smallest absolute Gasteiger partial charge is 0.262 e. The molecule has 24 heavy (non-hydrogen) atoms. The molecule has 1 aliphatic heterocycles. The topological polar surface area (TPSA) is 45.2 Å². The average molecular weight is 315 g/mol. The molecule has 2 heterocycles. The van der Waals surface area contributed by atoms with Gasteiger partial charge < -0.3 is 5.32 Å². The Bertz CT molecular complexity index is 892. The number of nitrogens with zero attached hydrogens (tertiary/aromatic N) is 2. The van der Waals surface area contributed by atoms with Crippen molar-refractivity contribution in [3.05, 3.63) is 89.7 Å². The summed E-state index contributed by atoms with van der Waals surface area (Å²) >= 11 is 0. The first-order valence-electron chi connectivity index (χ1n) is 7.90. The maximum absolute atomic E-state index is 13.2. The SMILES string of the molecule is Cc1ccccc1N1C(=O)c2ccccc2N[C@H]1c1ccncc1. The molecule has 1 amide bonds. The van der Waals surface area contributed by atoms with Crippen molar-refractivity contribution in [3.63, 3.8) is 0 Å². The summed E-state index contributed by atoms with van der Waals surface area (Å²) in [5, 5.41) is 3.50. The molecule has 1 atom stereocenters. The molecular formula is C20H17N3O. The average Bonchev–Trinajstić information content (AvgIpc) is 2.63. The Morgan fingerprint density at radius 1 is 0.958 bits per heavy atom. The molecule has 1 N–H and O–H groups in total. The van der Waals surface area contributed by atoms with E-state index in [1.54, 1.807) is 12.4 Å². The zero-order valence-electron chi connectivity index (χ0n) is 13.3. The number of benzene rings is 2. The number of anilines is 2. The van der Waals surface area contributed by atoms with Crippen LogP contribution in [-0.4, -0.2) is 10.9 Å². The van der Waals surface area contributed by atoms with Gasteiger partial charge in [-0.3, -0.25) is 14.7 Å². The van der Waals surface area contributed by atoms with Crippen molar-refractivity contribution in [1.82, 2.24) is 4.98 Å². The minimum atomic E-state index is -0.267. The summed E-state index contributed by atoms with van der Waals surface area (Å²) in [7, 11) is 0. The summed E-state index contributed by atoms with van der Waals surface area (Å²) in [5.74, 6) is 0.000428. The van der Waals surface area contributed by atoms with Gasteiger partial charge in [-0.15, -0.1) is 0 Å². The fourth-order valence-corrected chi connectivity index (χ4v) is 3.11. The number of nitrogens with one attached hydrogen (secondary N) is 1. The monoisotopic (exact) mass is 315 g/mol. The van der Waals surface area contributed by atoms with Crippen LogP contribution in [0.1, 0.15) is 27.7 Å². The van der Waals surface area contributed by atoms with E-state index in [9.17, 15) is 4.79 Å². The molecule has 0 fully saturated rings. The van der Waals surface area contributed by atoms with Crippen LogP contribution < -0.4 is 10.2 Å². The number of aromatic nitrogens is 1. The van der Waals surface area contributed by atoms with Gasteiger partial charge in [0.05, 0.1) is 5.56 Å². The second kappa shape index (κ2) is 5.81. The number of fused-ring (bicyclic) bond motifs is 1. The van der Waals surface area contributed by atoms with Crippen LogP contribution in [0, 0.1) is 6.92 Å². The number of hydrogen-bond donors (Lipinski definition) is 1. The number of hydrogen-bond acceptors (Lipinski definition) is 3. The molecule has 0 unspecified atom stereocenters. The van der Waals surface area contributed by atoms with Gasteiger partial charge in [0.25, 0.3) is 5.91 Å². The van der Waals surface area contributed by atoms with E-state index in [1.807, 2.05) is 72.5 Å². The third-order valence-electron chi connectivity index (χ3n) is 4.32. The first-order valence-corrected chi connectivity index (χ1v) is 7.90. The number of carbonyl (C=O) groups excluding carboxylic acids is 1. The van der Waals surface area contributed by atoms with E-state index in [0.717, 1.165) is 22.5 Å². The molecule has 0 radical (unpaired) electrons. The predicted molar refractivity (Wildman–Crippen MR) is 95.0 cm³/mol. The van der Waals surface area contributed by atoms with Crippen LogP contribution in [0.4, 0.5) is 11.4 Å². The van der Waals surface area contributed by atoms with Crippen molar-refractivity contribution in [2.45, 2.75) is 13.1 Å². The first-order chi connectivity index (χ1) is 11.8. The van der Waals surface area contributed by atoms with Crippen molar-refractivity contribution in [1.29, 1.82) is 0 Å². The lowest BCUT2D eigenvalue weighted by atomic mass is 10.0. The molecule has 4 nitrogen and oxygen atoms in total. The standard InChI is InChI=1S/C20H17N3O/c1-14-6-2-5-9-18(14)23-19(15-10-12-21-13-11-15)22-17-8-4-3-7-16(17)20(23)24/h2-13,19,22H,1H3/t19-/m1/s1. The molecule has 0 aliphatic carbocycles. The number of amides is 1. The highest BCUT2D eigenvalue weighted by atomic mass is 16.2. The number of aryl methyl sites for hydroxylation is 1. The summed E-state index contributed by atoms with van der Waals surface area (Å²) in [6.45, 7) is 2.02. The van der Waals surface area contributed by atoms with Gasteiger partial charge in [-0.2, -0.15) is 0 Å². The lowest BCUT2D eigenvalue weighted by Gasteiger charge is -2.38. The molecule has 4 rings (SSSR count). The van der Waals surface area contributed by atoms with Gasteiger partial charge in [0.2, 0.25) is 0 Å². The van der Waals surface area contributed by atoms with E-state index in [-0.39, 0.29) is 12.1 Å². The van der Waals surface area contributed by atoms with E-state index >= 15 is 0 Å². The molecule has 0 saturated carbocycles. The van der Waals surface area contributed by atoms with Gasteiger partial charge >= 0.3 is 0 Å². The largest absolute Gasteiger partial charge is 0.360 e. The van der Waals surface area contributed by atoms with Crippen LogP contribution in [0.25, 0.3) is 0 Å². The number of carbonyl (C=O) groups is 1. The van der Waals surface area contributed by atoms with Crippen molar-refractivity contribution in [3.8, 4) is 0 Å². The Balaban J connectivity index is 1.90. The minimum absolute atomic E-state index is 0.000428. The fraction of sp³-hybridized carbons (Fsp3) is 0.100. The van der Waals surface area contributed by atoms with E-state index in [4.69, 9.17) is 0 Å². The lowest BCUT2D eigenvalue weighted by Crippen LogP contribution is -2.43. The number of pyridine rings is 1. The quantitative estimate of drug-likeness (QED) is 0.772. The lowest BCUT2D eigenvalue weighted by molar-refractivity contribution is 0.0974. The molecular weight excluding hydrogens is 298 g/mol. The Labute approximate surface area is 140 Å². The molecule has 0 saturated heterocycles. The second-order valence-electron chi connectivity index (χ2n) is 5.83. The van der Waals surface area contributed by atoms with Crippen molar-refractivity contribution >= 4 is 17.3 Å². The van der Waals surface area contributed by atoms with Crippen molar-refractivity contribution in [2.75, 3.05) is 10.2 Å².